The summed E-state index contributed by atoms with van der Waals surface area (Å²) in [6.07, 6.45) is 2.83. The molecule has 0 atom stereocenters. The average Bonchev–Trinajstić information content (AvgIpc) is 3.46. The number of amides is 2. The van der Waals surface area contributed by atoms with E-state index in [4.69, 9.17) is 0 Å². The number of nitrogens with zero attached hydrogens (tertiary/aromatic N) is 4. The van der Waals surface area contributed by atoms with Crippen LogP contribution in [0.4, 0.5) is 11.4 Å². The molecule has 0 unspecified atom stereocenters. The van der Waals surface area contributed by atoms with E-state index in [9.17, 15) is 19.8 Å². The number of carbonyl (C=O) groups excluding carboxylic acids is 2. The van der Waals surface area contributed by atoms with Crippen molar-refractivity contribution in [3.05, 3.63) is 119 Å². The maximum absolute atomic E-state index is 11.8. The van der Waals surface area contributed by atoms with Gasteiger partial charge in [-0.1, -0.05) is 60.7 Å². The number of carbonyl (C=O) groups is 2. The van der Waals surface area contributed by atoms with Crippen LogP contribution in [0.1, 0.15) is 22.3 Å². The Kier molecular flexibility index (Phi) is 9.16. The van der Waals surface area contributed by atoms with Gasteiger partial charge in [0.05, 0.1) is 23.8 Å². The molecule has 6 rings (SSSR count). The third-order valence-electron chi connectivity index (χ3n) is 5.87. The quantitative estimate of drug-likeness (QED) is 0.160. The monoisotopic (exact) mass is 585 g/mol. The van der Waals surface area contributed by atoms with Crippen molar-refractivity contribution in [3.8, 4) is 11.5 Å². The van der Waals surface area contributed by atoms with E-state index in [0.29, 0.717) is 11.1 Å². The van der Waals surface area contributed by atoms with Crippen LogP contribution in [0.25, 0.3) is 0 Å². The molecular weight excluding hydrogens is 563 g/mol. The number of phenols is 2. The molecular formula is C30H22MnN6O4. The molecule has 4 aromatic carbocycles. The Morgan fingerprint density at radius 3 is 1.32 bits per heavy atom. The zero-order chi connectivity index (χ0) is 27.9. The summed E-state index contributed by atoms with van der Waals surface area (Å²) in [4.78, 5) is 23.6. The molecule has 2 aliphatic heterocycles. The first-order valence-corrected chi connectivity index (χ1v) is 12.1. The van der Waals surface area contributed by atoms with Crippen LogP contribution in [0, 0.1) is 0 Å². The first kappa shape index (κ1) is 28.6. The summed E-state index contributed by atoms with van der Waals surface area (Å²) < 4.78 is 0. The Morgan fingerprint density at radius 1 is 0.537 bits per heavy atom. The van der Waals surface area contributed by atoms with Gasteiger partial charge in [-0.15, -0.1) is 10.2 Å². The standard InChI is InChI=1S/2C15H11N3O2.Mn/c2*19-13-8-4-1-5-10(13)9-16-18-14-11-6-2-3-7-12(11)17-15(14)20;/h2*1-9,19H,(H,17,18,20);/b2*16-9+;. The number of fused-ring (bicyclic) bond motifs is 2. The fraction of sp³-hybridized carbons (Fsp3) is 0. The van der Waals surface area contributed by atoms with Crippen LogP contribution in [-0.2, 0) is 26.7 Å². The third-order valence-corrected chi connectivity index (χ3v) is 5.87. The summed E-state index contributed by atoms with van der Waals surface area (Å²) >= 11 is 0. The van der Waals surface area contributed by atoms with E-state index in [2.05, 4.69) is 31.0 Å². The molecule has 2 aliphatic rings. The first-order valence-electron chi connectivity index (χ1n) is 12.1. The van der Waals surface area contributed by atoms with Crippen LogP contribution in [0.2, 0.25) is 0 Å². The number of phenolic OH excluding ortho intramolecular Hbond substituents is 2. The number of rotatable bonds is 4. The maximum atomic E-state index is 11.8. The van der Waals surface area contributed by atoms with Gasteiger partial charge in [-0.2, -0.15) is 10.2 Å². The van der Waals surface area contributed by atoms with Crippen molar-refractivity contribution < 1.29 is 36.9 Å². The zero-order valence-electron chi connectivity index (χ0n) is 21.3. The van der Waals surface area contributed by atoms with Crippen LogP contribution in [0.5, 0.6) is 11.5 Å². The van der Waals surface area contributed by atoms with Crippen LogP contribution in [-0.4, -0.2) is 45.9 Å². The van der Waals surface area contributed by atoms with Crippen molar-refractivity contribution >= 4 is 47.0 Å². The van der Waals surface area contributed by atoms with Crippen LogP contribution in [0.15, 0.2) is 117 Å². The molecule has 10 nitrogen and oxygen atoms in total. The molecule has 0 saturated heterocycles. The van der Waals surface area contributed by atoms with Crippen molar-refractivity contribution in [2.45, 2.75) is 0 Å². The van der Waals surface area contributed by atoms with Gasteiger partial charge in [0.1, 0.15) is 11.5 Å². The van der Waals surface area contributed by atoms with E-state index in [1.807, 2.05) is 48.5 Å². The molecule has 41 heavy (non-hydrogen) atoms. The van der Waals surface area contributed by atoms with Crippen LogP contribution >= 0.6 is 0 Å². The second-order valence-corrected chi connectivity index (χ2v) is 8.50. The average molecular weight is 585 g/mol. The zero-order valence-corrected chi connectivity index (χ0v) is 22.5. The molecule has 0 spiro atoms. The SMILES string of the molecule is O=C1Nc2ccccc2/C1=N/N=C/c1ccccc1O.O=C1Nc2ccccc2/C1=N/N=C/c1ccccc1O.[Mn]. The minimum Gasteiger partial charge on any atom is -0.507 e. The summed E-state index contributed by atoms with van der Waals surface area (Å²) in [7, 11) is 0. The summed E-state index contributed by atoms with van der Waals surface area (Å²) in [6.45, 7) is 0. The van der Waals surface area contributed by atoms with E-state index in [-0.39, 0.29) is 51.8 Å². The van der Waals surface area contributed by atoms with Crippen molar-refractivity contribution in [1.29, 1.82) is 0 Å². The number of benzene rings is 4. The van der Waals surface area contributed by atoms with E-state index in [1.165, 1.54) is 12.4 Å². The first-order chi connectivity index (χ1) is 19.5. The van der Waals surface area contributed by atoms with Gasteiger partial charge in [-0.3, -0.25) is 9.59 Å². The second kappa shape index (κ2) is 13.1. The number of para-hydroxylation sites is 4. The van der Waals surface area contributed by atoms with E-state index in [1.54, 1.807) is 48.5 Å². The number of anilines is 2. The molecule has 0 aromatic heterocycles. The Morgan fingerprint density at radius 2 is 0.902 bits per heavy atom. The molecule has 203 valence electrons. The van der Waals surface area contributed by atoms with Gasteiger partial charge in [0.2, 0.25) is 0 Å². The summed E-state index contributed by atoms with van der Waals surface area (Å²) in [5, 5.41) is 40.3. The van der Waals surface area contributed by atoms with Crippen molar-refractivity contribution in [3.63, 3.8) is 0 Å². The number of nitrogens with one attached hydrogen (secondary N) is 2. The summed E-state index contributed by atoms with van der Waals surface area (Å²) in [5.41, 5.74) is 4.55. The van der Waals surface area contributed by atoms with Gasteiger partial charge in [-0.05, 0) is 36.4 Å². The third kappa shape index (κ3) is 6.62. The van der Waals surface area contributed by atoms with Gasteiger partial charge in [0, 0.05) is 39.3 Å². The van der Waals surface area contributed by atoms with Crippen molar-refractivity contribution in [2.24, 2.45) is 20.4 Å². The molecule has 4 aromatic rings. The topological polar surface area (TPSA) is 148 Å². The number of hydrogen-bond acceptors (Lipinski definition) is 8. The second-order valence-electron chi connectivity index (χ2n) is 8.50. The smallest absolute Gasteiger partial charge is 0.276 e. The van der Waals surface area contributed by atoms with Crippen LogP contribution < -0.4 is 10.6 Å². The normalized spacial score (nSPS) is 15.2. The Hall–Kier alpha value is -5.38. The molecule has 2 amide bonds. The molecule has 1 radical (unpaired) electrons. The summed E-state index contributed by atoms with van der Waals surface area (Å²) in [6, 6.07) is 28.1. The van der Waals surface area contributed by atoms with Gasteiger partial charge < -0.3 is 20.8 Å². The molecule has 2 heterocycles. The van der Waals surface area contributed by atoms with Gasteiger partial charge in [-0.25, -0.2) is 0 Å². The van der Waals surface area contributed by atoms with Gasteiger partial charge >= 0.3 is 0 Å². The molecule has 4 N–H and O–H groups in total. The van der Waals surface area contributed by atoms with E-state index < -0.39 is 0 Å². The van der Waals surface area contributed by atoms with E-state index in [0.717, 1.165) is 22.5 Å². The molecule has 0 fully saturated rings. The Balaban J connectivity index is 0.000000184. The minimum absolute atomic E-state index is 0. The number of aromatic hydroxyl groups is 2. The fourth-order valence-electron chi connectivity index (χ4n) is 3.89. The molecule has 0 aliphatic carbocycles. The van der Waals surface area contributed by atoms with E-state index >= 15 is 0 Å². The summed E-state index contributed by atoms with van der Waals surface area (Å²) in [5.74, 6) is -0.318. The van der Waals surface area contributed by atoms with Crippen LogP contribution in [0.3, 0.4) is 0 Å². The Labute approximate surface area is 245 Å². The molecule has 0 saturated carbocycles. The molecule has 11 heteroatoms. The van der Waals surface area contributed by atoms with Gasteiger partial charge in [0.25, 0.3) is 11.8 Å². The largest absolute Gasteiger partial charge is 0.507 e. The Bertz CT molecular complexity index is 1600. The predicted octanol–water partition coefficient (Wildman–Crippen LogP) is 4.33. The number of hydrogen-bond donors (Lipinski definition) is 4. The maximum Gasteiger partial charge on any atom is 0.276 e. The molecule has 0 bridgehead atoms. The predicted molar refractivity (Wildman–Crippen MR) is 155 cm³/mol. The van der Waals surface area contributed by atoms with Gasteiger partial charge in [0.15, 0.2) is 11.4 Å². The van der Waals surface area contributed by atoms with Crippen molar-refractivity contribution in [2.75, 3.05) is 10.6 Å². The minimum atomic E-state index is -0.277. The van der Waals surface area contributed by atoms with Crippen molar-refractivity contribution in [1.82, 2.24) is 0 Å². The fourth-order valence-corrected chi connectivity index (χ4v) is 3.89.